The Morgan fingerprint density at radius 3 is 2.49 bits per heavy atom. The van der Waals surface area contributed by atoms with Gasteiger partial charge in [0.2, 0.25) is 0 Å². The van der Waals surface area contributed by atoms with E-state index in [0.717, 1.165) is 48.8 Å². The van der Waals surface area contributed by atoms with Crippen molar-refractivity contribution in [2.75, 3.05) is 18.0 Å². The summed E-state index contributed by atoms with van der Waals surface area (Å²) in [6.45, 7) is 3.56. The molecule has 0 amide bonds. The zero-order valence-corrected chi connectivity index (χ0v) is 21.0. The van der Waals surface area contributed by atoms with Crippen molar-refractivity contribution in [1.82, 2.24) is 24.6 Å². The Morgan fingerprint density at radius 1 is 1.08 bits per heavy atom. The third-order valence-electron chi connectivity index (χ3n) is 7.96. The van der Waals surface area contributed by atoms with Crippen LogP contribution < -0.4 is 4.90 Å². The molecule has 0 spiro atoms. The van der Waals surface area contributed by atoms with E-state index in [1.54, 1.807) is 18.2 Å². The molecule has 37 heavy (non-hydrogen) atoms. The Kier molecular flexibility index (Phi) is 5.69. The molecule has 0 unspecified atom stereocenters. The standard InChI is InChI=1S/C26H25ClF3N7/c1-16-18(13-31)2-5-22(32-16)35-10-6-17(7-11-35)24-34-33-23-15-36(25(8-9-25)26(28,29)30)14-19-12-20(27)3-4-21(19)37(23)24/h2-5,12,17H,6-11,14-15H2,1H3. The van der Waals surface area contributed by atoms with Crippen LogP contribution in [0.1, 0.15) is 60.1 Å². The first-order valence-corrected chi connectivity index (χ1v) is 12.8. The van der Waals surface area contributed by atoms with Gasteiger partial charge < -0.3 is 4.90 Å². The molecule has 0 N–H and O–H groups in total. The molecule has 1 saturated carbocycles. The molecule has 4 heterocycles. The van der Waals surface area contributed by atoms with Crippen molar-refractivity contribution >= 4 is 17.4 Å². The Labute approximate surface area is 217 Å². The van der Waals surface area contributed by atoms with Gasteiger partial charge >= 0.3 is 6.18 Å². The van der Waals surface area contributed by atoms with Gasteiger partial charge in [-0.1, -0.05) is 11.6 Å². The lowest BCUT2D eigenvalue weighted by atomic mass is 9.95. The van der Waals surface area contributed by atoms with Crippen LogP contribution in [0.4, 0.5) is 19.0 Å². The minimum Gasteiger partial charge on any atom is -0.357 e. The SMILES string of the molecule is Cc1nc(N2CCC(c3nnc4n3-c3ccc(Cl)cc3CN(C3(C(F)(F)F)CC3)C4)CC2)ccc1C#N. The maximum absolute atomic E-state index is 14.0. The number of aromatic nitrogens is 4. The molecule has 0 bridgehead atoms. The molecule has 0 atom stereocenters. The van der Waals surface area contributed by atoms with Crippen LogP contribution in [-0.4, -0.2) is 49.5 Å². The fourth-order valence-corrected chi connectivity index (χ4v) is 5.89. The number of piperidine rings is 1. The van der Waals surface area contributed by atoms with Crippen molar-refractivity contribution in [3.63, 3.8) is 0 Å². The number of anilines is 1. The van der Waals surface area contributed by atoms with E-state index in [1.807, 2.05) is 23.6 Å². The zero-order valence-electron chi connectivity index (χ0n) is 20.3. The summed E-state index contributed by atoms with van der Waals surface area (Å²) in [5, 5.41) is 18.6. The second kappa shape index (κ2) is 8.71. The van der Waals surface area contributed by atoms with E-state index in [2.05, 4.69) is 26.2 Å². The number of fused-ring (bicyclic) bond motifs is 3. The van der Waals surface area contributed by atoms with Gasteiger partial charge in [-0.2, -0.15) is 18.4 Å². The van der Waals surface area contributed by atoms with Gasteiger partial charge in [0.05, 0.1) is 23.5 Å². The van der Waals surface area contributed by atoms with Crippen molar-refractivity contribution in [1.29, 1.82) is 5.26 Å². The monoisotopic (exact) mass is 527 g/mol. The predicted molar refractivity (Wildman–Crippen MR) is 132 cm³/mol. The molecule has 3 aromatic rings. The molecule has 2 aromatic heterocycles. The van der Waals surface area contributed by atoms with Crippen LogP contribution in [0, 0.1) is 18.3 Å². The van der Waals surface area contributed by atoms with Crippen molar-refractivity contribution in [2.24, 2.45) is 0 Å². The molecular weight excluding hydrogens is 503 g/mol. The van der Waals surface area contributed by atoms with Crippen LogP contribution in [0.15, 0.2) is 30.3 Å². The van der Waals surface area contributed by atoms with Crippen LogP contribution in [0.5, 0.6) is 0 Å². The smallest absolute Gasteiger partial charge is 0.357 e. The highest BCUT2D eigenvalue weighted by atomic mass is 35.5. The topological polar surface area (TPSA) is 73.9 Å². The minimum absolute atomic E-state index is 0.0755. The van der Waals surface area contributed by atoms with Crippen LogP contribution >= 0.6 is 11.6 Å². The predicted octanol–water partition coefficient (Wildman–Crippen LogP) is 5.29. The number of hydrogen-bond acceptors (Lipinski definition) is 6. The lowest BCUT2D eigenvalue weighted by Gasteiger charge is -2.32. The third kappa shape index (κ3) is 4.05. The van der Waals surface area contributed by atoms with E-state index >= 15 is 0 Å². The molecule has 1 aromatic carbocycles. The fourth-order valence-electron chi connectivity index (χ4n) is 5.70. The average Bonchev–Trinajstić information content (AvgIpc) is 3.62. The number of pyridine rings is 1. The van der Waals surface area contributed by atoms with Gasteiger partial charge in [0.15, 0.2) is 5.82 Å². The first-order valence-electron chi connectivity index (χ1n) is 12.4. The van der Waals surface area contributed by atoms with E-state index in [0.29, 0.717) is 22.1 Å². The molecule has 6 rings (SSSR count). The molecule has 3 aliphatic rings. The van der Waals surface area contributed by atoms with Gasteiger partial charge in [-0.3, -0.25) is 9.47 Å². The summed E-state index contributed by atoms with van der Waals surface area (Å²) in [5.74, 6) is 2.25. The molecule has 7 nitrogen and oxygen atoms in total. The van der Waals surface area contributed by atoms with E-state index in [-0.39, 0.29) is 31.8 Å². The van der Waals surface area contributed by atoms with Crippen LogP contribution in [0.2, 0.25) is 5.02 Å². The second-order valence-corrected chi connectivity index (χ2v) is 10.6. The van der Waals surface area contributed by atoms with E-state index in [1.165, 1.54) is 4.90 Å². The summed E-state index contributed by atoms with van der Waals surface area (Å²) in [5.41, 5.74) is 1.00. The number of hydrogen-bond donors (Lipinski definition) is 0. The third-order valence-corrected chi connectivity index (χ3v) is 8.20. The number of rotatable bonds is 3. The Balaban J connectivity index is 1.30. The van der Waals surface area contributed by atoms with Crippen LogP contribution in [-0.2, 0) is 13.1 Å². The lowest BCUT2D eigenvalue weighted by molar-refractivity contribution is -0.200. The largest absolute Gasteiger partial charge is 0.406 e. The fraction of sp³-hybridized carbons (Fsp3) is 0.462. The highest BCUT2D eigenvalue weighted by Gasteiger charge is 2.66. The summed E-state index contributed by atoms with van der Waals surface area (Å²) in [6, 6.07) is 11.2. The normalized spacial score (nSPS) is 19.6. The maximum Gasteiger partial charge on any atom is 0.406 e. The second-order valence-electron chi connectivity index (χ2n) is 10.1. The highest BCUT2D eigenvalue weighted by molar-refractivity contribution is 6.30. The molecular formula is C26H25ClF3N7. The number of nitriles is 1. The molecule has 2 fully saturated rings. The molecule has 0 radical (unpaired) electrons. The van der Waals surface area contributed by atoms with Crippen LogP contribution in [0.25, 0.3) is 5.69 Å². The number of nitrogens with zero attached hydrogens (tertiary/aromatic N) is 7. The molecule has 2 aliphatic heterocycles. The molecule has 192 valence electrons. The number of alkyl halides is 3. The van der Waals surface area contributed by atoms with Crippen molar-refractivity contribution < 1.29 is 13.2 Å². The van der Waals surface area contributed by atoms with Gasteiger partial charge in [-0.05, 0) is 68.5 Å². The van der Waals surface area contributed by atoms with Gasteiger partial charge in [0.1, 0.15) is 23.3 Å². The Bertz CT molecular complexity index is 1400. The Morgan fingerprint density at radius 2 is 1.84 bits per heavy atom. The Hall–Kier alpha value is -3.16. The minimum atomic E-state index is -4.31. The summed E-state index contributed by atoms with van der Waals surface area (Å²) in [7, 11) is 0. The first kappa shape index (κ1) is 24.2. The van der Waals surface area contributed by atoms with E-state index in [9.17, 15) is 18.4 Å². The van der Waals surface area contributed by atoms with Gasteiger partial charge in [-0.15, -0.1) is 10.2 Å². The summed E-state index contributed by atoms with van der Waals surface area (Å²) < 4.78 is 44.1. The molecule has 1 aliphatic carbocycles. The van der Waals surface area contributed by atoms with Crippen molar-refractivity contribution in [3.05, 3.63) is 63.8 Å². The highest BCUT2D eigenvalue weighted by Crippen LogP contribution is 2.55. The number of benzene rings is 1. The maximum atomic E-state index is 14.0. The summed E-state index contributed by atoms with van der Waals surface area (Å²) in [6.07, 6.45) is -2.52. The van der Waals surface area contributed by atoms with E-state index < -0.39 is 11.7 Å². The summed E-state index contributed by atoms with van der Waals surface area (Å²) in [4.78, 5) is 8.29. The summed E-state index contributed by atoms with van der Waals surface area (Å²) >= 11 is 6.28. The number of aryl methyl sites for hydroxylation is 1. The number of halogens is 4. The quantitative estimate of drug-likeness (QED) is 0.461. The van der Waals surface area contributed by atoms with Crippen LogP contribution in [0.3, 0.4) is 0 Å². The zero-order chi connectivity index (χ0) is 25.9. The van der Waals surface area contributed by atoms with Crippen molar-refractivity contribution in [3.8, 4) is 11.8 Å². The van der Waals surface area contributed by atoms with E-state index in [4.69, 9.17) is 11.6 Å². The van der Waals surface area contributed by atoms with Gasteiger partial charge in [0, 0.05) is 30.6 Å². The molecule has 1 saturated heterocycles. The van der Waals surface area contributed by atoms with Gasteiger partial charge in [0.25, 0.3) is 0 Å². The first-order chi connectivity index (χ1) is 17.7. The average molecular weight is 528 g/mol. The molecule has 11 heteroatoms. The van der Waals surface area contributed by atoms with Gasteiger partial charge in [-0.25, -0.2) is 4.98 Å². The van der Waals surface area contributed by atoms with Crippen molar-refractivity contribution in [2.45, 2.75) is 63.3 Å². The lowest BCUT2D eigenvalue weighted by Crippen LogP contribution is -2.47.